The number of benzene rings is 1. The third-order valence-corrected chi connectivity index (χ3v) is 3.73. The summed E-state index contributed by atoms with van der Waals surface area (Å²) in [6.45, 7) is 2.56. The summed E-state index contributed by atoms with van der Waals surface area (Å²) in [5, 5.41) is 2.26. The van der Waals surface area contributed by atoms with Crippen LogP contribution >= 0.6 is 0 Å². The van der Waals surface area contributed by atoms with E-state index in [4.69, 9.17) is 9.15 Å². The lowest BCUT2D eigenvalue weighted by Crippen LogP contribution is -2.45. The number of amides is 2. The number of furan rings is 1. The van der Waals surface area contributed by atoms with Crippen molar-refractivity contribution in [2.24, 2.45) is 0 Å². The molecule has 1 aliphatic rings. The fourth-order valence-corrected chi connectivity index (χ4v) is 2.52. The van der Waals surface area contributed by atoms with Crippen molar-refractivity contribution in [3.63, 3.8) is 0 Å². The van der Waals surface area contributed by atoms with Crippen LogP contribution in [-0.4, -0.2) is 30.7 Å². The molecular weight excluding hydrogens is 325 g/mol. The van der Waals surface area contributed by atoms with E-state index in [0.717, 1.165) is 0 Å². The summed E-state index contributed by atoms with van der Waals surface area (Å²) in [7, 11) is 0. The second-order valence-corrected chi connectivity index (χ2v) is 5.41. The summed E-state index contributed by atoms with van der Waals surface area (Å²) >= 11 is 0. The van der Waals surface area contributed by atoms with Crippen LogP contribution in [0.3, 0.4) is 0 Å². The van der Waals surface area contributed by atoms with Gasteiger partial charge >= 0.3 is 6.03 Å². The molecule has 1 aliphatic heterocycles. The number of morpholine rings is 1. The van der Waals surface area contributed by atoms with E-state index in [-0.39, 0.29) is 13.2 Å². The van der Waals surface area contributed by atoms with Crippen molar-refractivity contribution in [2.75, 3.05) is 25.1 Å². The summed E-state index contributed by atoms with van der Waals surface area (Å²) in [6, 6.07) is 3.34. The zero-order valence-electron chi connectivity index (χ0n) is 12.8. The lowest BCUT2D eigenvalue weighted by atomic mass is 10.2. The molecule has 24 heavy (non-hydrogen) atoms. The number of carbonyl (C=O) groups excluding carboxylic acids is 1. The molecule has 0 radical (unpaired) electrons. The van der Waals surface area contributed by atoms with Gasteiger partial charge in [0.1, 0.15) is 23.4 Å². The molecule has 8 heteroatoms. The number of halogens is 3. The molecule has 1 unspecified atom stereocenters. The van der Waals surface area contributed by atoms with Crippen molar-refractivity contribution < 1.29 is 27.1 Å². The Kier molecular flexibility index (Phi) is 4.48. The Labute approximate surface area is 136 Å². The first-order valence-corrected chi connectivity index (χ1v) is 7.32. The molecular formula is C16H15F3N2O3. The maximum Gasteiger partial charge on any atom is 0.322 e. The van der Waals surface area contributed by atoms with Crippen molar-refractivity contribution >= 4 is 11.7 Å². The molecule has 0 saturated carbocycles. The highest BCUT2D eigenvalue weighted by Crippen LogP contribution is 2.27. The molecule has 5 nitrogen and oxygen atoms in total. The van der Waals surface area contributed by atoms with Crippen LogP contribution in [0.15, 0.2) is 28.7 Å². The molecule has 1 atom stereocenters. The van der Waals surface area contributed by atoms with Gasteiger partial charge in [-0.3, -0.25) is 0 Å². The van der Waals surface area contributed by atoms with Crippen molar-refractivity contribution in [1.82, 2.24) is 4.90 Å². The van der Waals surface area contributed by atoms with E-state index < -0.39 is 35.2 Å². The number of ether oxygens (including phenoxy) is 1. The van der Waals surface area contributed by atoms with Gasteiger partial charge in [-0.15, -0.1) is 0 Å². The minimum Gasteiger partial charge on any atom is -0.464 e. The fraction of sp³-hybridized carbons (Fsp3) is 0.312. The van der Waals surface area contributed by atoms with E-state index in [0.29, 0.717) is 30.3 Å². The molecule has 0 aliphatic carbocycles. The fourth-order valence-electron chi connectivity index (χ4n) is 2.52. The number of nitrogens with one attached hydrogen (secondary N) is 1. The van der Waals surface area contributed by atoms with Gasteiger partial charge in [-0.25, -0.2) is 18.0 Å². The predicted molar refractivity (Wildman–Crippen MR) is 79.0 cm³/mol. The molecule has 0 spiro atoms. The Balaban J connectivity index is 1.81. The second kappa shape index (κ2) is 6.56. The maximum absolute atomic E-state index is 13.7. The average Bonchev–Trinajstić information content (AvgIpc) is 2.99. The van der Waals surface area contributed by atoms with Crippen molar-refractivity contribution in [3.05, 3.63) is 53.2 Å². The van der Waals surface area contributed by atoms with E-state index in [2.05, 4.69) is 5.32 Å². The molecule has 1 aromatic heterocycles. The topological polar surface area (TPSA) is 54.7 Å². The number of hydrogen-bond acceptors (Lipinski definition) is 3. The standard InChI is InChI=1S/C16H15F3N2O3/c1-9-2-3-15(24-9)14-8-23-5-4-21(14)16(22)20-13-7-11(18)10(17)6-12(13)19/h2-3,6-7,14H,4-5,8H2,1H3,(H,20,22). The van der Waals surface area contributed by atoms with Crippen molar-refractivity contribution in [1.29, 1.82) is 0 Å². The molecule has 2 aromatic rings. The summed E-state index contributed by atoms with van der Waals surface area (Å²) in [5.74, 6) is -2.40. The van der Waals surface area contributed by atoms with E-state index in [1.807, 2.05) is 0 Å². The van der Waals surface area contributed by atoms with E-state index >= 15 is 0 Å². The van der Waals surface area contributed by atoms with Gasteiger partial charge in [-0.2, -0.15) is 0 Å². The van der Waals surface area contributed by atoms with Crippen LogP contribution in [0, 0.1) is 24.4 Å². The largest absolute Gasteiger partial charge is 0.464 e. The van der Waals surface area contributed by atoms with Crippen LogP contribution in [0.5, 0.6) is 0 Å². The van der Waals surface area contributed by atoms with Gasteiger partial charge in [-0.05, 0) is 19.1 Å². The molecule has 1 aromatic carbocycles. The van der Waals surface area contributed by atoms with Gasteiger partial charge in [0.15, 0.2) is 11.6 Å². The van der Waals surface area contributed by atoms with Gasteiger partial charge in [0, 0.05) is 18.7 Å². The molecule has 0 bridgehead atoms. The van der Waals surface area contributed by atoms with Gasteiger partial charge in [0.05, 0.1) is 18.9 Å². The minimum atomic E-state index is -1.32. The molecule has 2 heterocycles. The van der Waals surface area contributed by atoms with Gasteiger partial charge in [0.25, 0.3) is 0 Å². The van der Waals surface area contributed by atoms with E-state index in [9.17, 15) is 18.0 Å². The monoisotopic (exact) mass is 340 g/mol. The molecule has 1 N–H and O–H groups in total. The normalized spacial score (nSPS) is 17.8. The SMILES string of the molecule is Cc1ccc(C2COCCN2C(=O)Nc2cc(F)c(F)cc2F)o1. The number of urea groups is 1. The van der Waals surface area contributed by atoms with Crippen molar-refractivity contribution in [2.45, 2.75) is 13.0 Å². The second-order valence-electron chi connectivity index (χ2n) is 5.41. The Morgan fingerprint density at radius 1 is 1.21 bits per heavy atom. The average molecular weight is 340 g/mol. The lowest BCUT2D eigenvalue weighted by Gasteiger charge is -2.34. The summed E-state index contributed by atoms with van der Waals surface area (Å²) in [5.41, 5.74) is -0.431. The zero-order valence-corrected chi connectivity index (χ0v) is 12.8. The number of aryl methyl sites for hydroxylation is 1. The first kappa shape index (κ1) is 16.4. The van der Waals surface area contributed by atoms with Crippen LogP contribution in [0.1, 0.15) is 17.6 Å². The summed E-state index contributed by atoms with van der Waals surface area (Å²) < 4.78 is 50.8. The van der Waals surface area contributed by atoms with Crippen molar-refractivity contribution in [3.8, 4) is 0 Å². The first-order valence-electron chi connectivity index (χ1n) is 7.32. The highest BCUT2D eigenvalue weighted by atomic mass is 19.2. The quantitative estimate of drug-likeness (QED) is 0.850. The predicted octanol–water partition coefficient (Wildman–Crippen LogP) is 3.61. The third-order valence-electron chi connectivity index (χ3n) is 3.73. The van der Waals surface area contributed by atoms with Crippen LogP contribution in [0.25, 0.3) is 0 Å². The Bertz CT molecular complexity index is 763. The zero-order chi connectivity index (χ0) is 17.3. The van der Waals surface area contributed by atoms with Gasteiger partial charge < -0.3 is 19.4 Å². The first-order chi connectivity index (χ1) is 11.5. The van der Waals surface area contributed by atoms with Crippen LogP contribution < -0.4 is 5.32 Å². The highest BCUT2D eigenvalue weighted by Gasteiger charge is 2.31. The lowest BCUT2D eigenvalue weighted by molar-refractivity contribution is 0.00708. The molecule has 128 valence electrons. The number of rotatable bonds is 2. The Morgan fingerprint density at radius 3 is 2.67 bits per heavy atom. The van der Waals surface area contributed by atoms with E-state index in [1.54, 1.807) is 19.1 Å². The number of hydrogen-bond donors (Lipinski definition) is 1. The molecule has 2 amide bonds. The third kappa shape index (κ3) is 3.23. The van der Waals surface area contributed by atoms with Crippen LogP contribution in [0.2, 0.25) is 0 Å². The van der Waals surface area contributed by atoms with E-state index in [1.165, 1.54) is 4.90 Å². The van der Waals surface area contributed by atoms with Gasteiger partial charge in [-0.1, -0.05) is 0 Å². The van der Waals surface area contributed by atoms with Gasteiger partial charge in [0.2, 0.25) is 0 Å². The van der Waals surface area contributed by atoms with Crippen LogP contribution in [0.4, 0.5) is 23.7 Å². The summed E-state index contributed by atoms with van der Waals surface area (Å²) in [4.78, 5) is 13.8. The molecule has 1 fully saturated rings. The summed E-state index contributed by atoms with van der Waals surface area (Å²) in [6.07, 6.45) is 0. The maximum atomic E-state index is 13.7. The van der Waals surface area contributed by atoms with Crippen LogP contribution in [-0.2, 0) is 4.74 Å². The Morgan fingerprint density at radius 2 is 1.96 bits per heavy atom. The smallest absolute Gasteiger partial charge is 0.322 e. The molecule has 1 saturated heterocycles. The number of carbonyl (C=O) groups is 1. The number of anilines is 1. The minimum absolute atomic E-state index is 0.223. The Hall–Kier alpha value is -2.48. The highest BCUT2D eigenvalue weighted by molar-refractivity contribution is 5.89. The number of nitrogens with zero attached hydrogens (tertiary/aromatic N) is 1. The molecule has 3 rings (SSSR count).